The van der Waals surface area contributed by atoms with E-state index in [0.717, 1.165) is 10.6 Å². The average molecular weight is 301 g/mol. The molecule has 0 unspecified atom stereocenters. The zero-order valence-corrected chi connectivity index (χ0v) is 11.6. The van der Waals surface area contributed by atoms with Crippen molar-refractivity contribution in [3.05, 3.63) is 33.1 Å². The number of carbonyl (C=O) groups is 2. The summed E-state index contributed by atoms with van der Waals surface area (Å²) in [7, 11) is 0. The number of nitrogens with zero attached hydrogens (tertiary/aromatic N) is 1. The number of H-pyrrole nitrogens is 1. The predicted octanol–water partition coefficient (Wildman–Crippen LogP) is -1.14. The molecule has 0 radical (unpaired) electrons. The third-order valence-electron chi connectivity index (χ3n) is 2.45. The molecule has 1 heterocycles. The van der Waals surface area contributed by atoms with Crippen LogP contribution in [0.1, 0.15) is 6.42 Å². The molecule has 1 aromatic heterocycles. The van der Waals surface area contributed by atoms with E-state index in [4.69, 9.17) is 5.11 Å². The molecular formula is C11H15N3O5S. The highest BCUT2D eigenvalue weighted by molar-refractivity contribution is 7.98. The first kappa shape index (κ1) is 16.0. The number of nitrogens with one attached hydrogen (secondary N) is 2. The van der Waals surface area contributed by atoms with Crippen LogP contribution in [0.5, 0.6) is 0 Å². The molecule has 110 valence electrons. The predicted molar refractivity (Wildman–Crippen MR) is 73.9 cm³/mol. The van der Waals surface area contributed by atoms with E-state index in [-0.39, 0.29) is 6.54 Å². The van der Waals surface area contributed by atoms with Crippen molar-refractivity contribution in [3.63, 3.8) is 0 Å². The van der Waals surface area contributed by atoms with Gasteiger partial charge >= 0.3 is 11.7 Å². The van der Waals surface area contributed by atoms with Crippen LogP contribution >= 0.6 is 11.8 Å². The Morgan fingerprint density at radius 2 is 2.20 bits per heavy atom. The van der Waals surface area contributed by atoms with E-state index in [2.05, 4.69) is 5.32 Å². The lowest BCUT2D eigenvalue weighted by molar-refractivity contribution is -0.141. The Morgan fingerprint density at radius 1 is 1.50 bits per heavy atom. The number of rotatable bonds is 7. The van der Waals surface area contributed by atoms with Crippen molar-refractivity contribution in [2.24, 2.45) is 0 Å². The lowest BCUT2D eigenvalue weighted by Crippen LogP contribution is -2.44. The zero-order chi connectivity index (χ0) is 15.1. The maximum atomic E-state index is 11.7. The fourth-order valence-electron chi connectivity index (χ4n) is 1.46. The van der Waals surface area contributed by atoms with Crippen LogP contribution in [0.3, 0.4) is 0 Å². The van der Waals surface area contributed by atoms with Crippen LogP contribution in [-0.2, 0) is 16.1 Å². The number of aromatic amines is 1. The zero-order valence-electron chi connectivity index (χ0n) is 10.8. The van der Waals surface area contributed by atoms with E-state index in [1.165, 1.54) is 18.0 Å². The van der Waals surface area contributed by atoms with E-state index in [1.54, 1.807) is 0 Å². The molecule has 0 fully saturated rings. The summed E-state index contributed by atoms with van der Waals surface area (Å²) in [6, 6.07) is 0.116. The molecule has 0 aliphatic heterocycles. The van der Waals surface area contributed by atoms with Gasteiger partial charge in [0.15, 0.2) is 0 Å². The van der Waals surface area contributed by atoms with Gasteiger partial charge in [-0.05, 0) is 18.4 Å². The maximum absolute atomic E-state index is 11.7. The number of thioether (sulfide) groups is 1. The van der Waals surface area contributed by atoms with E-state index < -0.39 is 29.2 Å². The van der Waals surface area contributed by atoms with Gasteiger partial charge in [0.1, 0.15) is 12.6 Å². The lowest BCUT2D eigenvalue weighted by Gasteiger charge is -2.14. The van der Waals surface area contributed by atoms with Gasteiger partial charge in [0.25, 0.3) is 5.56 Å². The molecule has 0 spiro atoms. The molecule has 8 nitrogen and oxygen atoms in total. The minimum Gasteiger partial charge on any atom is -0.480 e. The Morgan fingerprint density at radius 3 is 2.75 bits per heavy atom. The standard InChI is InChI=1S/C11H15N3O5S/c1-20-5-3-7(10(17)18)12-9(16)6-14-4-2-8(15)13-11(14)19/h2,4,7H,3,5-6H2,1H3,(H,12,16)(H,17,18)(H,13,15,19)/t7-/m1/s1. The van der Waals surface area contributed by atoms with Crippen molar-refractivity contribution >= 4 is 23.6 Å². The van der Waals surface area contributed by atoms with Crippen LogP contribution < -0.4 is 16.6 Å². The lowest BCUT2D eigenvalue weighted by atomic mass is 10.2. The first-order valence-electron chi connectivity index (χ1n) is 5.75. The number of aromatic nitrogens is 2. The van der Waals surface area contributed by atoms with Gasteiger partial charge in [-0.25, -0.2) is 9.59 Å². The first-order valence-corrected chi connectivity index (χ1v) is 7.14. The summed E-state index contributed by atoms with van der Waals surface area (Å²) in [5.74, 6) is -1.13. The number of carboxylic acid groups (broad SMARTS) is 1. The molecule has 1 amide bonds. The molecule has 9 heteroatoms. The van der Waals surface area contributed by atoms with Gasteiger partial charge in [0.05, 0.1) is 0 Å². The van der Waals surface area contributed by atoms with Gasteiger partial charge in [0, 0.05) is 12.3 Å². The fourth-order valence-corrected chi connectivity index (χ4v) is 1.93. The summed E-state index contributed by atoms with van der Waals surface area (Å²) in [5.41, 5.74) is -1.28. The van der Waals surface area contributed by atoms with Crippen LogP contribution in [0.25, 0.3) is 0 Å². The van der Waals surface area contributed by atoms with Crippen LogP contribution in [0.2, 0.25) is 0 Å². The van der Waals surface area contributed by atoms with Crippen molar-refractivity contribution in [2.45, 2.75) is 19.0 Å². The summed E-state index contributed by atoms with van der Waals surface area (Å²) >= 11 is 1.47. The molecule has 3 N–H and O–H groups in total. The maximum Gasteiger partial charge on any atom is 0.328 e. The normalized spacial score (nSPS) is 11.8. The molecule has 0 bridgehead atoms. The third kappa shape index (κ3) is 4.92. The molecule has 0 saturated heterocycles. The van der Waals surface area contributed by atoms with Crippen molar-refractivity contribution < 1.29 is 14.7 Å². The number of hydrogen-bond donors (Lipinski definition) is 3. The molecule has 0 aliphatic rings. The summed E-state index contributed by atoms with van der Waals surface area (Å²) in [6.07, 6.45) is 3.31. The van der Waals surface area contributed by atoms with Crippen molar-refractivity contribution in [3.8, 4) is 0 Å². The number of amides is 1. The molecule has 0 saturated carbocycles. The number of carboxylic acids is 1. The molecule has 1 rings (SSSR count). The number of aliphatic carboxylic acids is 1. The highest BCUT2D eigenvalue weighted by Crippen LogP contribution is 2.01. The van der Waals surface area contributed by atoms with Crippen molar-refractivity contribution in [1.29, 1.82) is 0 Å². The second-order valence-corrected chi connectivity index (χ2v) is 4.96. The SMILES string of the molecule is CSCC[C@@H](NC(=O)Cn1ccc(=O)[nH]c1=O)C(=O)O. The quantitative estimate of drug-likeness (QED) is 0.585. The minimum absolute atomic E-state index is 0.294. The van der Waals surface area contributed by atoms with Crippen LogP contribution in [0.15, 0.2) is 21.9 Å². The Hall–Kier alpha value is -2.03. The van der Waals surface area contributed by atoms with Gasteiger partial charge in [-0.15, -0.1) is 0 Å². The third-order valence-corrected chi connectivity index (χ3v) is 3.10. The molecule has 20 heavy (non-hydrogen) atoms. The summed E-state index contributed by atoms with van der Waals surface area (Å²) in [5, 5.41) is 11.3. The average Bonchev–Trinajstić information content (AvgIpc) is 2.37. The molecular weight excluding hydrogens is 286 g/mol. The number of hydrogen-bond acceptors (Lipinski definition) is 5. The second kappa shape index (κ2) is 7.53. The Labute approximate surface area is 118 Å². The topological polar surface area (TPSA) is 121 Å². The van der Waals surface area contributed by atoms with Crippen LogP contribution in [0, 0.1) is 0 Å². The van der Waals surface area contributed by atoms with E-state index >= 15 is 0 Å². The number of carbonyl (C=O) groups excluding carboxylic acids is 1. The van der Waals surface area contributed by atoms with Gasteiger partial charge in [0.2, 0.25) is 5.91 Å². The van der Waals surface area contributed by atoms with Crippen molar-refractivity contribution in [2.75, 3.05) is 12.0 Å². The van der Waals surface area contributed by atoms with Gasteiger partial charge in [-0.3, -0.25) is 19.1 Å². The Bertz CT molecular complexity index is 594. The van der Waals surface area contributed by atoms with Crippen molar-refractivity contribution in [1.82, 2.24) is 14.9 Å². The second-order valence-electron chi connectivity index (χ2n) is 3.98. The van der Waals surface area contributed by atoms with Crippen LogP contribution in [0.4, 0.5) is 0 Å². The van der Waals surface area contributed by atoms with Gasteiger partial charge < -0.3 is 10.4 Å². The molecule has 1 atom stereocenters. The molecule has 0 aromatic carbocycles. The Kier molecular flexibility index (Phi) is 6.04. The van der Waals surface area contributed by atoms with E-state index in [9.17, 15) is 19.2 Å². The summed E-state index contributed by atoms with van der Waals surface area (Å²) in [6.45, 7) is -0.349. The largest absolute Gasteiger partial charge is 0.480 e. The monoisotopic (exact) mass is 301 g/mol. The highest BCUT2D eigenvalue weighted by atomic mass is 32.2. The van der Waals surface area contributed by atoms with E-state index in [1.807, 2.05) is 11.2 Å². The molecule has 0 aliphatic carbocycles. The summed E-state index contributed by atoms with van der Waals surface area (Å²) in [4.78, 5) is 46.9. The van der Waals surface area contributed by atoms with E-state index in [0.29, 0.717) is 12.2 Å². The first-order chi connectivity index (χ1) is 9.43. The van der Waals surface area contributed by atoms with Crippen LogP contribution in [-0.4, -0.2) is 44.6 Å². The highest BCUT2D eigenvalue weighted by Gasteiger charge is 2.19. The summed E-state index contributed by atoms with van der Waals surface area (Å²) < 4.78 is 0.990. The molecule has 1 aromatic rings. The smallest absolute Gasteiger partial charge is 0.328 e. The van der Waals surface area contributed by atoms with Gasteiger partial charge in [-0.1, -0.05) is 0 Å². The fraction of sp³-hybridized carbons (Fsp3) is 0.455. The van der Waals surface area contributed by atoms with Gasteiger partial charge in [-0.2, -0.15) is 11.8 Å². The minimum atomic E-state index is -1.12. The Balaban J connectivity index is 2.68.